The second-order valence-electron chi connectivity index (χ2n) is 4.24. The summed E-state index contributed by atoms with van der Waals surface area (Å²) in [7, 11) is 1.59. The molecule has 0 saturated carbocycles. The number of benzene rings is 1. The zero-order valence-electron chi connectivity index (χ0n) is 11.6. The average Bonchev–Trinajstić information content (AvgIpc) is 3.00. The van der Waals surface area contributed by atoms with Crippen LogP contribution in [0.1, 0.15) is 16.1 Å². The first-order valence-corrected chi connectivity index (χ1v) is 8.37. The van der Waals surface area contributed by atoms with Gasteiger partial charge in [-0.15, -0.1) is 0 Å². The summed E-state index contributed by atoms with van der Waals surface area (Å²) in [4.78, 5) is 12.0. The van der Waals surface area contributed by atoms with Crippen LogP contribution in [0.3, 0.4) is 0 Å². The average molecular weight is 370 g/mol. The van der Waals surface area contributed by atoms with E-state index in [1.165, 1.54) is 0 Å². The number of ether oxygens (including phenoxy) is 1. The molecule has 0 atom stereocenters. The van der Waals surface area contributed by atoms with E-state index in [2.05, 4.69) is 21.2 Å². The van der Waals surface area contributed by atoms with E-state index in [0.717, 1.165) is 21.7 Å². The Bertz CT molecular complexity index is 587. The zero-order chi connectivity index (χ0) is 15.1. The number of carbonyl (C=O) groups excluding carboxylic acids is 1. The second kappa shape index (κ2) is 8.14. The van der Waals surface area contributed by atoms with Gasteiger partial charge in [0.25, 0.3) is 5.91 Å². The van der Waals surface area contributed by atoms with E-state index in [-0.39, 0.29) is 5.91 Å². The molecule has 0 radical (unpaired) electrons. The first kappa shape index (κ1) is 16.0. The Morgan fingerprint density at radius 3 is 2.95 bits per heavy atom. The van der Waals surface area contributed by atoms with Crippen LogP contribution >= 0.6 is 27.7 Å². The summed E-state index contributed by atoms with van der Waals surface area (Å²) < 4.78 is 11.1. The molecule has 0 spiro atoms. The van der Waals surface area contributed by atoms with Gasteiger partial charge in [-0.25, -0.2) is 0 Å². The molecule has 1 aromatic heterocycles. The van der Waals surface area contributed by atoms with Crippen molar-refractivity contribution in [2.24, 2.45) is 0 Å². The fourth-order valence-corrected chi connectivity index (χ4v) is 3.01. The summed E-state index contributed by atoms with van der Waals surface area (Å²) in [6.07, 6.45) is 1.67. The van der Waals surface area contributed by atoms with E-state index < -0.39 is 0 Å². The highest BCUT2D eigenvalue weighted by atomic mass is 79.9. The summed E-state index contributed by atoms with van der Waals surface area (Å²) in [5.74, 6) is 3.23. The van der Waals surface area contributed by atoms with Crippen molar-refractivity contribution in [1.82, 2.24) is 5.32 Å². The highest BCUT2D eigenvalue weighted by Crippen LogP contribution is 2.25. The summed E-state index contributed by atoms with van der Waals surface area (Å²) in [6.45, 7) is 0.619. The van der Waals surface area contributed by atoms with Gasteiger partial charge < -0.3 is 14.5 Å². The van der Waals surface area contributed by atoms with Gasteiger partial charge in [0.2, 0.25) is 0 Å². The van der Waals surface area contributed by atoms with Gasteiger partial charge in [0, 0.05) is 17.9 Å². The van der Waals surface area contributed by atoms with Crippen molar-refractivity contribution in [3.05, 3.63) is 52.4 Å². The Balaban J connectivity index is 1.73. The fraction of sp³-hybridized carbons (Fsp3) is 0.267. The first-order valence-electron chi connectivity index (χ1n) is 6.42. The molecule has 0 saturated heterocycles. The molecule has 6 heteroatoms. The van der Waals surface area contributed by atoms with Gasteiger partial charge in [-0.2, -0.15) is 11.8 Å². The molecule has 1 N–H and O–H groups in total. The highest BCUT2D eigenvalue weighted by Gasteiger charge is 2.08. The second-order valence-corrected chi connectivity index (χ2v) is 6.20. The molecule has 0 bridgehead atoms. The van der Waals surface area contributed by atoms with Crippen molar-refractivity contribution in [3.63, 3.8) is 0 Å². The Hall–Kier alpha value is -1.40. The molecular weight excluding hydrogens is 354 g/mol. The Labute approximate surface area is 136 Å². The van der Waals surface area contributed by atoms with Gasteiger partial charge in [0.15, 0.2) is 0 Å². The van der Waals surface area contributed by atoms with Crippen LogP contribution in [-0.2, 0) is 5.75 Å². The van der Waals surface area contributed by atoms with Gasteiger partial charge in [-0.05, 0) is 46.3 Å². The van der Waals surface area contributed by atoms with Crippen molar-refractivity contribution in [2.45, 2.75) is 5.75 Å². The number of furan rings is 1. The lowest BCUT2D eigenvalue weighted by Gasteiger charge is -2.07. The van der Waals surface area contributed by atoms with Gasteiger partial charge in [0.05, 0.1) is 23.6 Å². The maximum absolute atomic E-state index is 12.0. The van der Waals surface area contributed by atoms with Crippen molar-refractivity contribution in [2.75, 3.05) is 19.4 Å². The Morgan fingerprint density at radius 2 is 2.29 bits per heavy atom. The van der Waals surface area contributed by atoms with E-state index >= 15 is 0 Å². The molecule has 2 aromatic rings. The third-order valence-corrected chi connectivity index (χ3v) is 4.37. The van der Waals surface area contributed by atoms with E-state index in [1.54, 1.807) is 43.3 Å². The first-order chi connectivity index (χ1) is 10.2. The van der Waals surface area contributed by atoms with Crippen LogP contribution < -0.4 is 10.1 Å². The molecule has 0 fully saturated rings. The van der Waals surface area contributed by atoms with Crippen LogP contribution in [0.4, 0.5) is 0 Å². The van der Waals surface area contributed by atoms with Gasteiger partial charge in [-0.3, -0.25) is 4.79 Å². The number of rotatable bonds is 7. The van der Waals surface area contributed by atoms with Gasteiger partial charge in [0.1, 0.15) is 11.5 Å². The summed E-state index contributed by atoms with van der Waals surface area (Å²) in [5.41, 5.74) is 0.610. The van der Waals surface area contributed by atoms with Crippen LogP contribution in [0.2, 0.25) is 0 Å². The number of hydrogen-bond acceptors (Lipinski definition) is 4. The monoisotopic (exact) mass is 369 g/mol. The molecule has 0 aliphatic rings. The number of carbonyl (C=O) groups is 1. The normalized spacial score (nSPS) is 10.4. The fourth-order valence-electron chi connectivity index (χ4n) is 1.71. The van der Waals surface area contributed by atoms with Crippen molar-refractivity contribution in [3.8, 4) is 5.75 Å². The zero-order valence-corrected chi connectivity index (χ0v) is 14.0. The molecule has 1 amide bonds. The Morgan fingerprint density at radius 1 is 1.43 bits per heavy atom. The molecule has 1 aromatic carbocycles. The molecule has 0 aliphatic carbocycles. The molecule has 21 heavy (non-hydrogen) atoms. The number of nitrogens with one attached hydrogen (secondary N) is 1. The minimum Gasteiger partial charge on any atom is -0.496 e. The largest absolute Gasteiger partial charge is 0.496 e. The smallest absolute Gasteiger partial charge is 0.251 e. The van der Waals surface area contributed by atoms with Gasteiger partial charge >= 0.3 is 0 Å². The van der Waals surface area contributed by atoms with Crippen molar-refractivity contribution >= 4 is 33.6 Å². The maximum Gasteiger partial charge on any atom is 0.251 e. The van der Waals surface area contributed by atoms with E-state index in [1.807, 2.05) is 12.1 Å². The predicted octanol–water partition coefficient (Wildman–Crippen LogP) is 3.71. The SMILES string of the molecule is COc1ccc(C(=O)NCCSCc2ccco2)cc1Br. The number of amides is 1. The lowest BCUT2D eigenvalue weighted by atomic mass is 10.2. The van der Waals surface area contributed by atoms with E-state index in [9.17, 15) is 4.79 Å². The third kappa shape index (κ3) is 4.82. The molecule has 1 heterocycles. The standard InChI is InChI=1S/C15H16BrNO3S/c1-19-14-5-4-11(9-13(14)16)15(18)17-6-8-21-10-12-3-2-7-20-12/h2-5,7,9H,6,8,10H2,1H3,(H,17,18). The molecule has 112 valence electrons. The van der Waals surface area contributed by atoms with Gasteiger partial charge in [-0.1, -0.05) is 0 Å². The topological polar surface area (TPSA) is 51.5 Å². The Kier molecular flexibility index (Phi) is 6.20. The van der Waals surface area contributed by atoms with Crippen molar-refractivity contribution in [1.29, 1.82) is 0 Å². The quantitative estimate of drug-likeness (QED) is 0.755. The molecule has 4 nitrogen and oxygen atoms in total. The minimum absolute atomic E-state index is 0.0862. The van der Waals surface area contributed by atoms with E-state index in [0.29, 0.717) is 17.9 Å². The number of thioether (sulfide) groups is 1. The highest BCUT2D eigenvalue weighted by molar-refractivity contribution is 9.10. The predicted molar refractivity (Wildman–Crippen MR) is 87.9 cm³/mol. The lowest BCUT2D eigenvalue weighted by Crippen LogP contribution is -2.25. The summed E-state index contributed by atoms with van der Waals surface area (Å²) >= 11 is 5.09. The lowest BCUT2D eigenvalue weighted by molar-refractivity contribution is 0.0956. The van der Waals surface area contributed by atoms with Crippen LogP contribution in [-0.4, -0.2) is 25.3 Å². The third-order valence-electron chi connectivity index (χ3n) is 2.77. The van der Waals surface area contributed by atoms with Crippen LogP contribution in [0, 0.1) is 0 Å². The molecule has 0 aliphatic heterocycles. The summed E-state index contributed by atoms with van der Waals surface area (Å²) in [6, 6.07) is 9.09. The molecule has 2 rings (SSSR count). The summed E-state index contributed by atoms with van der Waals surface area (Å²) in [5, 5.41) is 2.89. The maximum atomic E-state index is 12.0. The van der Waals surface area contributed by atoms with Crippen molar-refractivity contribution < 1.29 is 13.9 Å². The molecule has 0 unspecified atom stereocenters. The van der Waals surface area contributed by atoms with Crippen LogP contribution in [0.25, 0.3) is 0 Å². The van der Waals surface area contributed by atoms with Crippen LogP contribution in [0.5, 0.6) is 5.75 Å². The molecular formula is C15H16BrNO3S. The number of methoxy groups -OCH3 is 1. The number of halogens is 1. The minimum atomic E-state index is -0.0862. The number of hydrogen-bond donors (Lipinski definition) is 1. The van der Waals surface area contributed by atoms with Crippen LogP contribution in [0.15, 0.2) is 45.5 Å². The van der Waals surface area contributed by atoms with E-state index in [4.69, 9.17) is 9.15 Å².